The first-order valence-corrected chi connectivity index (χ1v) is 10.4. The summed E-state index contributed by atoms with van der Waals surface area (Å²) in [5.41, 5.74) is 3.34. The first kappa shape index (κ1) is 23.0. The maximum absolute atomic E-state index is 11.9. The number of allylic oxidation sites excluding steroid dienone is 1. The van der Waals surface area contributed by atoms with E-state index in [9.17, 15) is 4.79 Å². The zero-order valence-corrected chi connectivity index (χ0v) is 17.4. The van der Waals surface area contributed by atoms with Gasteiger partial charge in [0.2, 0.25) is 0 Å². The van der Waals surface area contributed by atoms with E-state index < -0.39 is 4.87 Å². The summed E-state index contributed by atoms with van der Waals surface area (Å²) in [6.07, 6.45) is 11.0. The Morgan fingerprint density at radius 3 is 2.08 bits per heavy atom. The van der Waals surface area contributed by atoms with E-state index in [2.05, 4.69) is 30.8 Å². The minimum absolute atomic E-state index is 0.416. The highest BCUT2D eigenvalue weighted by Crippen LogP contribution is 2.30. The van der Waals surface area contributed by atoms with Crippen LogP contribution in [0.5, 0.6) is 0 Å². The van der Waals surface area contributed by atoms with Crippen LogP contribution in [0.3, 0.4) is 0 Å². The minimum Gasteiger partial charge on any atom is -0.300 e. The van der Waals surface area contributed by atoms with Gasteiger partial charge >= 0.3 is 0 Å². The molecule has 0 saturated carbocycles. The number of benzene rings is 1. The summed E-state index contributed by atoms with van der Waals surface area (Å²) in [7, 11) is 5.48. The first-order chi connectivity index (χ1) is 12.3. The van der Waals surface area contributed by atoms with Gasteiger partial charge in [0.25, 0.3) is 0 Å². The lowest BCUT2D eigenvalue weighted by atomic mass is 9.94. The van der Waals surface area contributed by atoms with Crippen molar-refractivity contribution in [3.63, 3.8) is 0 Å². The molecule has 0 aliphatic carbocycles. The summed E-state index contributed by atoms with van der Waals surface area (Å²) >= 11 is 6.32. The maximum atomic E-state index is 11.9. The molecule has 1 rings (SSSR count). The van der Waals surface area contributed by atoms with Gasteiger partial charge in [-0.3, -0.25) is 4.79 Å². The van der Waals surface area contributed by atoms with E-state index in [4.69, 9.17) is 19.4 Å². The number of hydrogen-bond acceptors (Lipinski definition) is 1. The fourth-order valence-corrected chi connectivity index (χ4v) is 3.10. The summed E-state index contributed by atoms with van der Waals surface area (Å²) in [4.78, 5) is 11.5. The molecule has 142 valence electrons. The fourth-order valence-electron chi connectivity index (χ4n) is 2.99. The molecule has 0 aromatic heterocycles. The molecule has 0 saturated heterocycles. The van der Waals surface area contributed by atoms with Crippen molar-refractivity contribution < 1.29 is 4.79 Å². The molecule has 0 heterocycles. The predicted molar refractivity (Wildman–Crippen MR) is 116 cm³/mol. The number of rotatable bonds is 14. The van der Waals surface area contributed by atoms with E-state index in [-0.39, 0.29) is 0 Å². The normalized spacial score (nSPS) is 11.5. The SMILES string of the molecule is [B]CCCCCCCC(=O)CCCCc1ccc(C(=C)C(C)(C)Cl)cc1. The molecule has 0 amide bonds. The van der Waals surface area contributed by atoms with Crippen molar-refractivity contribution in [3.05, 3.63) is 42.0 Å². The molecule has 1 aromatic rings. The zero-order valence-electron chi connectivity index (χ0n) is 16.7. The topological polar surface area (TPSA) is 17.1 Å². The van der Waals surface area contributed by atoms with E-state index in [1.807, 2.05) is 13.8 Å². The van der Waals surface area contributed by atoms with Gasteiger partial charge in [0.15, 0.2) is 0 Å². The Hall–Kier alpha value is -1.02. The molecule has 1 aromatic carbocycles. The number of carbonyl (C=O) groups is 1. The van der Waals surface area contributed by atoms with E-state index in [1.165, 1.54) is 18.4 Å². The van der Waals surface area contributed by atoms with Gasteiger partial charge in [0.05, 0.1) is 12.7 Å². The Labute approximate surface area is 167 Å². The van der Waals surface area contributed by atoms with Gasteiger partial charge in [-0.05, 0) is 56.2 Å². The number of alkyl halides is 1. The van der Waals surface area contributed by atoms with Gasteiger partial charge in [-0.1, -0.05) is 62.8 Å². The predicted octanol–water partition coefficient (Wildman–Crippen LogP) is 6.93. The highest BCUT2D eigenvalue weighted by Gasteiger charge is 2.18. The van der Waals surface area contributed by atoms with Crippen molar-refractivity contribution >= 4 is 30.8 Å². The van der Waals surface area contributed by atoms with Crippen molar-refractivity contribution in [2.75, 3.05) is 0 Å². The number of Topliss-reactive ketones (excluding diaryl/α,β-unsaturated/α-hetero) is 1. The van der Waals surface area contributed by atoms with Crippen LogP contribution in [-0.2, 0) is 11.2 Å². The summed E-state index contributed by atoms with van der Waals surface area (Å²) in [5, 5.41) is 0. The monoisotopic (exact) mass is 372 g/mol. The van der Waals surface area contributed by atoms with Crippen LogP contribution in [-0.4, -0.2) is 18.5 Å². The van der Waals surface area contributed by atoms with Crippen molar-refractivity contribution in [2.45, 2.75) is 89.3 Å². The van der Waals surface area contributed by atoms with E-state index in [0.29, 0.717) is 5.78 Å². The number of ketones is 1. The molecule has 26 heavy (non-hydrogen) atoms. The van der Waals surface area contributed by atoms with Crippen LogP contribution in [0.4, 0.5) is 0 Å². The van der Waals surface area contributed by atoms with Gasteiger partial charge in [0, 0.05) is 12.8 Å². The molecule has 0 atom stereocenters. The second-order valence-electron chi connectivity index (χ2n) is 7.70. The molecule has 0 bridgehead atoms. The van der Waals surface area contributed by atoms with Gasteiger partial charge in [-0.15, -0.1) is 11.6 Å². The third kappa shape index (κ3) is 9.62. The van der Waals surface area contributed by atoms with E-state index in [0.717, 1.165) is 68.8 Å². The molecule has 1 nitrogen and oxygen atoms in total. The highest BCUT2D eigenvalue weighted by atomic mass is 35.5. The molecule has 0 spiro atoms. The Morgan fingerprint density at radius 2 is 1.50 bits per heavy atom. The van der Waals surface area contributed by atoms with Crippen LogP contribution in [0.25, 0.3) is 5.57 Å². The maximum Gasteiger partial charge on any atom is 0.132 e. The Kier molecular flexibility index (Phi) is 11.0. The summed E-state index contributed by atoms with van der Waals surface area (Å²) < 4.78 is 0. The number of halogens is 1. The number of hydrogen-bond donors (Lipinski definition) is 0. The number of unbranched alkanes of at least 4 members (excludes halogenated alkanes) is 5. The number of aryl methyl sites for hydroxylation is 1. The van der Waals surface area contributed by atoms with Gasteiger partial charge in [0.1, 0.15) is 5.78 Å². The van der Waals surface area contributed by atoms with Crippen LogP contribution in [0.1, 0.15) is 82.8 Å². The summed E-state index contributed by atoms with van der Waals surface area (Å²) in [5.74, 6) is 0.416. The lowest BCUT2D eigenvalue weighted by molar-refractivity contribution is -0.119. The summed E-state index contributed by atoms with van der Waals surface area (Å²) in [6.45, 7) is 8.01. The standard InChI is InChI=1S/C23H34BClO/c1-19(23(2,3)25)21-16-14-20(15-17-21)11-8-9-13-22(26)12-7-5-4-6-10-18-24/h14-17H,1,4-13,18H2,2-3H3. The molecule has 2 radical (unpaired) electrons. The second kappa shape index (κ2) is 12.4. The van der Waals surface area contributed by atoms with Crippen LogP contribution in [0.2, 0.25) is 6.32 Å². The third-order valence-electron chi connectivity index (χ3n) is 4.85. The van der Waals surface area contributed by atoms with Crippen LogP contribution >= 0.6 is 11.6 Å². The van der Waals surface area contributed by atoms with Gasteiger partial charge in [-0.25, -0.2) is 0 Å². The lowest BCUT2D eigenvalue weighted by Gasteiger charge is -2.19. The Bertz CT molecular complexity index is 542. The van der Waals surface area contributed by atoms with Crippen molar-refractivity contribution in [1.82, 2.24) is 0 Å². The average molecular weight is 373 g/mol. The van der Waals surface area contributed by atoms with E-state index in [1.54, 1.807) is 0 Å². The lowest BCUT2D eigenvalue weighted by Crippen LogP contribution is -2.11. The fraction of sp³-hybridized carbons (Fsp3) is 0.609. The first-order valence-electron chi connectivity index (χ1n) is 10.0. The Balaban J connectivity index is 2.17. The van der Waals surface area contributed by atoms with E-state index >= 15 is 0 Å². The third-order valence-corrected chi connectivity index (χ3v) is 5.08. The molecule has 0 N–H and O–H groups in total. The Morgan fingerprint density at radius 1 is 0.962 bits per heavy atom. The largest absolute Gasteiger partial charge is 0.300 e. The zero-order chi connectivity index (χ0) is 19.4. The quantitative estimate of drug-likeness (QED) is 0.197. The van der Waals surface area contributed by atoms with Crippen LogP contribution in [0.15, 0.2) is 30.8 Å². The average Bonchev–Trinajstić information content (AvgIpc) is 2.61. The molecular formula is C23H34BClO. The van der Waals surface area contributed by atoms with Gasteiger partial charge in [-0.2, -0.15) is 0 Å². The molecular weight excluding hydrogens is 339 g/mol. The molecule has 3 heteroatoms. The van der Waals surface area contributed by atoms with Crippen molar-refractivity contribution in [3.8, 4) is 0 Å². The molecule has 0 fully saturated rings. The molecule has 0 aliphatic heterocycles. The van der Waals surface area contributed by atoms with Crippen LogP contribution in [0, 0.1) is 0 Å². The van der Waals surface area contributed by atoms with Crippen LogP contribution < -0.4 is 0 Å². The number of carbonyl (C=O) groups excluding carboxylic acids is 1. The smallest absolute Gasteiger partial charge is 0.132 e. The molecule has 0 unspecified atom stereocenters. The van der Waals surface area contributed by atoms with Gasteiger partial charge < -0.3 is 0 Å². The molecule has 0 aliphatic rings. The van der Waals surface area contributed by atoms with Crippen molar-refractivity contribution in [1.29, 1.82) is 0 Å². The highest BCUT2D eigenvalue weighted by molar-refractivity contribution is 6.29. The van der Waals surface area contributed by atoms with Crippen molar-refractivity contribution in [2.24, 2.45) is 0 Å². The summed E-state index contributed by atoms with van der Waals surface area (Å²) in [6, 6.07) is 8.48. The second-order valence-corrected chi connectivity index (χ2v) is 8.65. The minimum atomic E-state index is -0.424.